The highest BCUT2D eigenvalue weighted by molar-refractivity contribution is 7.93. The Bertz CT molecular complexity index is 1220. The largest absolute Gasteiger partial charge is 0.452 e. The molecule has 3 rings (SSSR count). The second-order valence-corrected chi connectivity index (χ2v) is 11.6. The summed E-state index contributed by atoms with van der Waals surface area (Å²) in [6.07, 6.45) is 4.49. The molecule has 1 aliphatic carbocycles. The Morgan fingerprint density at radius 1 is 1.14 bits per heavy atom. The molecule has 1 N–H and O–H groups in total. The standard InChI is InChI=1S/C26H30Cl2N2O5S/c1-4-14-30(21-11-9-20(27)10-12-21)36(33,34)24-15-19(8-13-22(24)28)26(32)35-16-25(31)29-23-7-5-6-17(2)18(23)3/h4,8-13,15,17-18,23H,1,5-7,14,16H2,2-3H3,(H,29,31)/t17-,18+,23-/m1/s1. The van der Waals surface area contributed by atoms with Crippen molar-refractivity contribution in [2.45, 2.75) is 44.0 Å². The van der Waals surface area contributed by atoms with Gasteiger partial charge in [0.2, 0.25) is 0 Å². The average Bonchev–Trinajstić information content (AvgIpc) is 2.84. The molecule has 36 heavy (non-hydrogen) atoms. The maximum Gasteiger partial charge on any atom is 0.338 e. The van der Waals surface area contributed by atoms with Crippen molar-refractivity contribution in [2.24, 2.45) is 11.8 Å². The molecule has 0 unspecified atom stereocenters. The third kappa shape index (κ3) is 6.60. The summed E-state index contributed by atoms with van der Waals surface area (Å²) in [5.74, 6) is -0.378. The second-order valence-electron chi connectivity index (χ2n) is 8.96. The molecular weight excluding hydrogens is 523 g/mol. The van der Waals surface area contributed by atoms with E-state index in [1.807, 2.05) is 0 Å². The highest BCUT2D eigenvalue weighted by Crippen LogP contribution is 2.31. The van der Waals surface area contributed by atoms with Gasteiger partial charge in [-0.15, -0.1) is 6.58 Å². The van der Waals surface area contributed by atoms with E-state index < -0.39 is 28.5 Å². The Hall–Kier alpha value is -2.55. The Morgan fingerprint density at radius 2 is 1.83 bits per heavy atom. The zero-order valence-electron chi connectivity index (χ0n) is 20.2. The maximum absolute atomic E-state index is 13.5. The van der Waals surface area contributed by atoms with Crippen molar-refractivity contribution >= 4 is 50.8 Å². The van der Waals surface area contributed by atoms with Gasteiger partial charge in [-0.25, -0.2) is 13.2 Å². The first-order valence-corrected chi connectivity index (χ1v) is 13.9. The van der Waals surface area contributed by atoms with Gasteiger partial charge in [0.25, 0.3) is 15.9 Å². The van der Waals surface area contributed by atoms with Crippen molar-refractivity contribution in [3.05, 3.63) is 70.7 Å². The maximum atomic E-state index is 13.5. The van der Waals surface area contributed by atoms with Gasteiger partial charge in [-0.05, 0) is 60.7 Å². The van der Waals surface area contributed by atoms with Crippen molar-refractivity contribution in [1.82, 2.24) is 5.32 Å². The SMILES string of the molecule is C=CCN(c1ccc(Cl)cc1)S(=O)(=O)c1cc(C(=O)OCC(=O)N[C@@H]2CCC[C@@H](C)[C@@H]2C)ccc1Cl. The highest BCUT2D eigenvalue weighted by atomic mass is 35.5. The van der Waals surface area contributed by atoms with E-state index in [0.717, 1.165) is 29.6 Å². The van der Waals surface area contributed by atoms with Gasteiger partial charge in [0.1, 0.15) is 4.90 Å². The van der Waals surface area contributed by atoms with Crippen LogP contribution in [0.2, 0.25) is 10.0 Å². The molecule has 10 heteroatoms. The first-order valence-electron chi connectivity index (χ1n) is 11.7. The Labute approximate surface area is 222 Å². The number of carbonyl (C=O) groups is 2. The van der Waals surface area contributed by atoms with Gasteiger partial charge in [-0.2, -0.15) is 0 Å². The van der Waals surface area contributed by atoms with Gasteiger partial charge >= 0.3 is 5.97 Å². The summed E-state index contributed by atoms with van der Waals surface area (Å²) in [5, 5.41) is 3.33. The lowest BCUT2D eigenvalue weighted by Crippen LogP contribution is -2.45. The molecule has 1 aliphatic rings. The van der Waals surface area contributed by atoms with E-state index in [1.54, 1.807) is 24.3 Å². The van der Waals surface area contributed by atoms with Gasteiger partial charge in [0, 0.05) is 11.1 Å². The number of rotatable bonds is 9. The molecule has 194 valence electrons. The van der Waals surface area contributed by atoms with E-state index in [9.17, 15) is 18.0 Å². The molecule has 2 aromatic carbocycles. The molecule has 1 amide bonds. The molecule has 1 saturated carbocycles. The highest BCUT2D eigenvalue weighted by Gasteiger charge is 2.30. The van der Waals surface area contributed by atoms with Crippen molar-refractivity contribution in [3.63, 3.8) is 0 Å². The van der Waals surface area contributed by atoms with Crippen LogP contribution in [-0.2, 0) is 19.6 Å². The minimum atomic E-state index is -4.18. The number of anilines is 1. The van der Waals surface area contributed by atoms with Crippen LogP contribution in [0.4, 0.5) is 5.69 Å². The first kappa shape index (κ1) is 28.0. The zero-order valence-corrected chi connectivity index (χ0v) is 22.6. The number of amides is 1. The van der Waals surface area contributed by atoms with Crippen LogP contribution in [0.3, 0.4) is 0 Å². The van der Waals surface area contributed by atoms with Crippen molar-refractivity contribution < 1.29 is 22.7 Å². The Balaban J connectivity index is 1.75. The third-order valence-corrected chi connectivity index (χ3v) is 9.06. The second kappa shape index (κ2) is 12.1. The smallest absolute Gasteiger partial charge is 0.338 e. The predicted molar refractivity (Wildman–Crippen MR) is 142 cm³/mol. The van der Waals surface area contributed by atoms with E-state index in [1.165, 1.54) is 18.2 Å². The molecule has 7 nitrogen and oxygen atoms in total. The fraction of sp³-hybridized carbons (Fsp3) is 0.385. The summed E-state index contributed by atoms with van der Waals surface area (Å²) in [4.78, 5) is 24.8. The number of carbonyl (C=O) groups excluding carboxylic acids is 2. The van der Waals surface area contributed by atoms with Crippen LogP contribution < -0.4 is 9.62 Å². The van der Waals surface area contributed by atoms with E-state index >= 15 is 0 Å². The van der Waals surface area contributed by atoms with Crippen LogP contribution >= 0.6 is 23.2 Å². The average molecular weight is 554 g/mol. The minimum absolute atomic E-state index is 0.0344. The normalized spacial score (nSPS) is 19.8. The lowest BCUT2D eigenvalue weighted by molar-refractivity contribution is -0.125. The number of hydrogen-bond donors (Lipinski definition) is 1. The Kier molecular flexibility index (Phi) is 9.44. The third-order valence-electron chi connectivity index (χ3n) is 6.53. The molecule has 0 radical (unpaired) electrons. The van der Waals surface area contributed by atoms with Crippen molar-refractivity contribution in [1.29, 1.82) is 0 Å². The summed E-state index contributed by atoms with van der Waals surface area (Å²) in [6, 6.07) is 10.1. The molecule has 0 heterocycles. The quantitative estimate of drug-likeness (QED) is 0.328. The minimum Gasteiger partial charge on any atom is -0.452 e. The van der Waals surface area contributed by atoms with Crippen LogP contribution in [0.25, 0.3) is 0 Å². The number of sulfonamides is 1. The van der Waals surface area contributed by atoms with Gasteiger partial charge in [0.15, 0.2) is 6.61 Å². The van der Waals surface area contributed by atoms with Gasteiger partial charge in [0.05, 0.1) is 22.8 Å². The van der Waals surface area contributed by atoms with Crippen LogP contribution in [0.1, 0.15) is 43.5 Å². The summed E-state index contributed by atoms with van der Waals surface area (Å²) >= 11 is 12.2. The number of hydrogen-bond acceptors (Lipinski definition) is 5. The van der Waals surface area contributed by atoms with Crippen molar-refractivity contribution in [2.75, 3.05) is 17.5 Å². The van der Waals surface area contributed by atoms with E-state index in [2.05, 4.69) is 25.7 Å². The Morgan fingerprint density at radius 3 is 2.50 bits per heavy atom. The number of halogens is 2. The van der Waals surface area contributed by atoms with Gasteiger partial charge in [-0.1, -0.05) is 56.0 Å². The molecule has 0 aliphatic heterocycles. The summed E-state index contributed by atoms with van der Waals surface area (Å²) in [5.41, 5.74) is 0.311. The number of nitrogens with one attached hydrogen (secondary N) is 1. The molecular formula is C26H30Cl2N2O5S. The lowest BCUT2D eigenvalue weighted by Gasteiger charge is -2.34. The van der Waals surface area contributed by atoms with E-state index in [0.29, 0.717) is 22.5 Å². The fourth-order valence-electron chi connectivity index (χ4n) is 4.26. The van der Waals surface area contributed by atoms with Gasteiger partial charge in [-0.3, -0.25) is 9.10 Å². The molecule has 0 spiro atoms. The lowest BCUT2D eigenvalue weighted by atomic mass is 9.78. The predicted octanol–water partition coefficient (Wildman–Crippen LogP) is 5.47. The number of nitrogens with zero attached hydrogens (tertiary/aromatic N) is 1. The van der Waals surface area contributed by atoms with Gasteiger partial charge < -0.3 is 10.1 Å². The number of benzene rings is 2. The molecule has 2 aromatic rings. The van der Waals surface area contributed by atoms with Crippen LogP contribution in [0, 0.1) is 11.8 Å². The number of ether oxygens (including phenoxy) is 1. The monoisotopic (exact) mass is 552 g/mol. The molecule has 0 saturated heterocycles. The van der Waals surface area contributed by atoms with E-state index in [-0.39, 0.29) is 28.1 Å². The van der Waals surface area contributed by atoms with Crippen LogP contribution in [0.15, 0.2) is 60.0 Å². The van der Waals surface area contributed by atoms with Crippen LogP contribution in [-0.4, -0.2) is 39.5 Å². The topological polar surface area (TPSA) is 92.8 Å². The molecule has 3 atom stereocenters. The molecule has 1 fully saturated rings. The molecule has 0 bridgehead atoms. The summed E-state index contributed by atoms with van der Waals surface area (Å²) < 4.78 is 33.3. The first-order chi connectivity index (χ1) is 17.0. The van der Waals surface area contributed by atoms with E-state index in [4.69, 9.17) is 27.9 Å². The van der Waals surface area contributed by atoms with Crippen LogP contribution in [0.5, 0.6) is 0 Å². The zero-order chi connectivity index (χ0) is 26.5. The number of esters is 1. The summed E-state index contributed by atoms with van der Waals surface area (Å²) in [7, 11) is -4.18. The molecule has 0 aromatic heterocycles. The van der Waals surface area contributed by atoms with Crippen molar-refractivity contribution in [3.8, 4) is 0 Å². The fourth-order valence-corrected chi connectivity index (χ4v) is 6.33. The summed E-state index contributed by atoms with van der Waals surface area (Å²) in [6.45, 7) is 7.41.